The Labute approximate surface area is 113 Å². The summed E-state index contributed by atoms with van der Waals surface area (Å²) in [5.74, 6) is -0.119. The number of carbonyl (C=O) groups is 1. The van der Waals surface area contributed by atoms with Gasteiger partial charge in [-0.25, -0.2) is 0 Å². The third kappa shape index (κ3) is 1.95. The number of phenols is 1. The van der Waals surface area contributed by atoms with Crippen LogP contribution in [0.1, 0.15) is 42.4 Å². The molecule has 0 atom stereocenters. The van der Waals surface area contributed by atoms with Gasteiger partial charge in [0.15, 0.2) is 0 Å². The molecule has 0 unspecified atom stereocenters. The van der Waals surface area contributed by atoms with Gasteiger partial charge in [0.2, 0.25) is 0 Å². The number of ether oxygens (including phenoxy) is 1. The van der Waals surface area contributed by atoms with E-state index in [9.17, 15) is 15.0 Å². The molecule has 1 aliphatic rings. The van der Waals surface area contributed by atoms with Gasteiger partial charge < -0.3 is 14.9 Å². The molecule has 2 rings (SSSR count). The second-order valence-electron chi connectivity index (χ2n) is 5.32. The van der Waals surface area contributed by atoms with E-state index < -0.39 is 11.4 Å². The molecule has 4 nitrogen and oxygen atoms in total. The zero-order valence-corrected chi connectivity index (χ0v) is 11.6. The quantitative estimate of drug-likeness (QED) is 0.881. The zero-order chi connectivity index (χ0) is 14.2. The van der Waals surface area contributed by atoms with Crippen LogP contribution in [0.25, 0.3) is 0 Å². The highest BCUT2D eigenvalue weighted by atomic mass is 16.5. The normalized spacial score (nSPS) is 17.4. The Morgan fingerprint density at radius 2 is 1.84 bits per heavy atom. The molecule has 0 aromatic heterocycles. The van der Waals surface area contributed by atoms with Crippen molar-refractivity contribution in [2.75, 3.05) is 7.11 Å². The van der Waals surface area contributed by atoms with Crippen molar-refractivity contribution in [1.29, 1.82) is 0 Å². The molecule has 0 aliphatic heterocycles. The lowest BCUT2D eigenvalue weighted by atomic mass is 9.77. The third-order valence-electron chi connectivity index (χ3n) is 4.42. The number of carboxylic acids is 1. The number of phenolic OH excluding ortho intramolecular Hbond substituents is 1. The van der Waals surface area contributed by atoms with E-state index >= 15 is 0 Å². The smallest absolute Gasteiger partial charge is 0.314 e. The second kappa shape index (κ2) is 4.76. The first-order valence-electron chi connectivity index (χ1n) is 6.55. The molecule has 1 saturated carbocycles. The molecule has 1 aliphatic carbocycles. The van der Waals surface area contributed by atoms with E-state index in [1.807, 2.05) is 6.92 Å². The molecule has 0 heterocycles. The number of hydrogen-bond donors (Lipinski definition) is 2. The Morgan fingerprint density at radius 3 is 2.32 bits per heavy atom. The lowest BCUT2D eigenvalue weighted by Gasteiger charge is -2.27. The lowest BCUT2D eigenvalue weighted by molar-refractivity contribution is -0.143. The van der Waals surface area contributed by atoms with E-state index in [4.69, 9.17) is 4.74 Å². The van der Waals surface area contributed by atoms with Gasteiger partial charge in [0.1, 0.15) is 11.5 Å². The van der Waals surface area contributed by atoms with Crippen LogP contribution in [0, 0.1) is 13.8 Å². The van der Waals surface area contributed by atoms with Crippen molar-refractivity contribution in [3.8, 4) is 11.5 Å². The Kier molecular flexibility index (Phi) is 3.43. The molecule has 1 aromatic rings. The summed E-state index contributed by atoms with van der Waals surface area (Å²) in [5.41, 5.74) is 1.08. The van der Waals surface area contributed by atoms with Crippen LogP contribution in [-0.2, 0) is 10.2 Å². The predicted octanol–water partition coefficient (Wildman–Crippen LogP) is 2.91. The van der Waals surface area contributed by atoms with Crippen LogP contribution in [0.5, 0.6) is 11.5 Å². The maximum Gasteiger partial charge on any atom is 0.314 e. The summed E-state index contributed by atoms with van der Waals surface area (Å²) >= 11 is 0. The topological polar surface area (TPSA) is 66.8 Å². The van der Waals surface area contributed by atoms with E-state index in [-0.39, 0.29) is 5.75 Å². The van der Waals surface area contributed by atoms with Crippen molar-refractivity contribution < 1.29 is 19.7 Å². The van der Waals surface area contributed by atoms with Gasteiger partial charge in [0, 0.05) is 5.56 Å². The summed E-state index contributed by atoms with van der Waals surface area (Å²) in [5, 5.41) is 20.0. The van der Waals surface area contributed by atoms with Crippen LogP contribution in [0.15, 0.2) is 6.07 Å². The van der Waals surface area contributed by atoms with Crippen LogP contribution < -0.4 is 4.74 Å². The SMILES string of the molecule is COc1cc(C2(C(=O)O)CCCC2)c(O)c(C)c1C. The molecule has 2 N–H and O–H groups in total. The molecular formula is C15H20O4. The number of aromatic hydroxyl groups is 1. The minimum atomic E-state index is -0.962. The molecule has 4 heteroatoms. The van der Waals surface area contributed by atoms with Crippen LogP contribution >= 0.6 is 0 Å². The molecule has 0 spiro atoms. The average molecular weight is 264 g/mol. The molecule has 1 fully saturated rings. The van der Waals surface area contributed by atoms with Crippen molar-refractivity contribution in [3.63, 3.8) is 0 Å². The average Bonchev–Trinajstić information content (AvgIpc) is 2.87. The van der Waals surface area contributed by atoms with Gasteiger partial charge in [-0.15, -0.1) is 0 Å². The summed E-state index contributed by atoms with van der Waals surface area (Å²) in [6, 6.07) is 1.69. The van der Waals surface area contributed by atoms with Crippen LogP contribution in [0.2, 0.25) is 0 Å². The summed E-state index contributed by atoms with van der Waals surface area (Å²) < 4.78 is 5.30. The first-order chi connectivity index (χ1) is 8.94. The highest BCUT2D eigenvalue weighted by Crippen LogP contribution is 2.47. The fourth-order valence-electron chi connectivity index (χ4n) is 3.03. The van der Waals surface area contributed by atoms with Crippen molar-refractivity contribution in [1.82, 2.24) is 0 Å². The molecule has 19 heavy (non-hydrogen) atoms. The van der Waals surface area contributed by atoms with Crippen LogP contribution in [0.3, 0.4) is 0 Å². The molecule has 104 valence electrons. The van der Waals surface area contributed by atoms with Crippen molar-refractivity contribution >= 4 is 5.97 Å². The highest BCUT2D eigenvalue weighted by molar-refractivity contribution is 5.83. The van der Waals surface area contributed by atoms with Gasteiger partial charge in [-0.3, -0.25) is 4.79 Å². The van der Waals surface area contributed by atoms with Gasteiger partial charge in [-0.1, -0.05) is 12.8 Å². The van der Waals surface area contributed by atoms with Gasteiger partial charge in [-0.05, 0) is 43.9 Å². The van der Waals surface area contributed by atoms with E-state index in [1.165, 1.54) is 0 Å². The first kappa shape index (κ1) is 13.7. The second-order valence-corrected chi connectivity index (χ2v) is 5.32. The lowest BCUT2D eigenvalue weighted by Crippen LogP contribution is -2.33. The summed E-state index contributed by atoms with van der Waals surface area (Å²) in [6.07, 6.45) is 2.89. The van der Waals surface area contributed by atoms with Crippen LogP contribution in [0.4, 0.5) is 0 Å². The standard InChI is InChI=1S/C15H20O4/c1-9-10(2)13(16)11(8-12(9)19-3)15(14(17)18)6-4-5-7-15/h8,16H,4-7H2,1-3H3,(H,17,18). The molecule has 0 saturated heterocycles. The van der Waals surface area contributed by atoms with Crippen LogP contribution in [-0.4, -0.2) is 23.3 Å². The monoisotopic (exact) mass is 264 g/mol. The fraction of sp³-hybridized carbons (Fsp3) is 0.533. The van der Waals surface area contributed by atoms with Crippen molar-refractivity contribution in [2.45, 2.75) is 44.9 Å². The van der Waals surface area contributed by atoms with Crippen molar-refractivity contribution in [2.24, 2.45) is 0 Å². The number of hydrogen-bond acceptors (Lipinski definition) is 3. The summed E-state index contributed by atoms with van der Waals surface area (Å²) in [4.78, 5) is 11.7. The summed E-state index contributed by atoms with van der Waals surface area (Å²) in [6.45, 7) is 3.65. The van der Waals surface area contributed by atoms with Crippen molar-refractivity contribution in [3.05, 3.63) is 22.8 Å². The zero-order valence-electron chi connectivity index (χ0n) is 11.6. The van der Waals surface area contributed by atoms with Gasteiger partial charge in [0.25, 0.3) is 0 Å². The van der Waals surface area contributed by atoms with Gasteiger partial charge in [-0.2, -0.15) is 0 Å². The number of rotatable bonds is 3. The van der Waals surface area contributed by atoms with E-state index in [0.29, 0.717) is 29.7 Å². The highest BCUT2D eigenvalue weighted by Gasteiger charge is 2.45. The van der Waals surface area contributed by atoms with Gasteiger partial charge in [0.05, 0.1) is 12.5 Å². The molecule has 0 amide bonds. The molecular weight excluding hydrogens is 244 g/mol. The van der Waals surface area contributed by atoms with E-state index in [0.717, 1.165) is 18.4 Å². The minimum absolute atomic E-state index is 0.0996. The Hall–Kier alpha value is -1.71. The minimum Gasteiger partial charge on any atom is -0.507 e. The molecule has 0 radical (unpaired) electrons. The summed E-state index contributed by atoms with van der Waals surface area (Å²) in [7, 11) is 1.56. The Morgan fingerprint density at radius 1 is 1.26 bits per heavy atom. The molecule has 0 bridgehead atoms. The molecule has 1 aromatic carbocycles. The Balaban J connectivity index is 2.67. The Bertz CT molecular complexity index is 513. The number of benzene rings is 1. The maximum absolute atomic E-state index is 11.7. The van der Waals surface area contributed by atoms with Gasteiger partial charge >= 0.3 is 5.97 Å². The number of carboxylic acid groups (broad SMARTS) is 1. The number of aliphatic carboxylic acids is 1. The maximum atomic E-state index is 11.7. The largest absolute Gasteiger partial charge is 0.507 e. The van der Waals surface area contributed by atoms with E-state index in [1.54, 1.807) is 20.1 Å². The third-order valence-corrected chi connectivity index (χ3v) is 4.42. The van der Waals surface area contributed by atoms with E-state index in [2.05, 4.69) is 0 Å². The predicted molar refractivity (Wildman–Crippen MR) is 71.9 cm³/mol. The fourth-order valence-corrected chi connectivity index (χ4v) is 3.03. The number of methoxy groups -OCH3 is 1. The first-order valence-corrected chi connectivity index (χ1v) is 6.55.